The van der Waals surface area contributed by atoms with E-state index in [1.807, 2.05) is 12.1 Å². The zero-order valence-electron chi connectivity index (χ0n) is 13.9. The maximum Gasteiger partial charge on any atom is 0.213 e. The molecule has 0 amide bonds. The number of ether oxygens (including phenoxy) is 1. The second-order valence-electron chi connectivity index (χ2n) is 6.39. The van der Waals surface area contributed by atoms with Gasteiger partial charge in [0.05, 0.1) is 12.8 Å². The summed E-state index contributed by atoms with van der Waals surface area (Å²) in [7, 11) is 1.68. The number of hydrogen-bond donors (Lipinski definition) is 1. The van der Waals surface area contributed by atoms with E-state index in [0.717, 1.165) is 49.5 Å². The molecule has 0 saturated carbocycles. The van der Waals surface area contributed by atoms with E-state index in [1.165, 1.54) is 27.8 Å². The number of pyridine rings is 1. The topological polar surface area (TPSA) is 34.1 Å². The first-order valence-corrected chi connectivity index (χ1v) is 8.90. The Labute approximate surface area is 147 Å². The largest absolute Gasteiger partial charge is 0.481 e. The number of aryl methyl sites for hydroxylation is 2. The minimum atomic E-state index is 0.679. The van der Waals surface area contributed by atoms with Crippen molar-refractivity contribution in [1.29, 1.82) is 0 Å². The lowest BCUT2D eigenvalue weighted by atomic mass is 9.89. The Morgan fingerprint density at radius 3 is 2.58 bits per heavy atom. The molecule has 1 fully saturated rings. The molecule has 0 bridgehead atoms. The second-order valence-corrected chi connectivity index (χ2v) is 6.83. The molecule has 0 atom stereocenters. The summed E-state index contributed by atoms with van der Waals surface area (Å²) in [6, 6.07) is 10.4. The number of nitrogens with one attached hydrogen (secondary N) is 1. The van der Waals surface area contributed by atoms with Gasteiger partial charge in [0.1, 0.15) is 0 Å². The second kappa shape index (κ2) is 6.58. The Balaban J connectivity index is 1.98. The molecule has 124 valence electrons. The molecule has 2 aromatic rings. The van der Waals surface area contributed by atoms with E-state index in [2.05, 4.69) is 23.5 Å². The van der Waals surface area contributed by atoms with Crippen molar-refractivity contribution in [2.24, 2.45) is 0 Å². The van der Waals surface area contributed by atoms with E-state index in [0.29, 0.717) is 5.88 Å². The van der Waals surface area contributed by atoms with E-state index in [-0.39, 0.29) is 0 Å². The third-order valence-corrected chi connectivity index (χ3v) is 5.20. The number of halogens is 1. The Bertz CT molecular complexity index is 805. The van der Waals surface area contributed by atoms with Crippen molar-refractivity contribution in [2.75, 3.05) is 20.2 Å². The molecule has 1 aromatic heterocycles. The average Bonchev–Trinajstić information content (AvgIpc) is 2.78. The molecule has 1 aromatic carbocycles. The number of piperidine rings is 1. The van der Waals surface area contributed by atoms with Gasteiger partial charge >= 0.3 is 0 Å². The number of fused-ring (bicyclic) bond motifs is 2. The molecular weight excluding hydrogens is 320 g/mol. The predicted molar refractivity (Wildman–Crippen MR) is 97.8 cm³/mol. The molecule has 24 heavy (non-hydrogen) atoms. The molecule has 0 unspecified atom stereocenters. The minimum Gasteiger partial charge on any atom is -0.481 e. The summed E-state index contributed by atoms with van der Waals surface area (Å²) in [5, 5.41) is 4.25. The fourth-order valence-corrected chi connectivity index (χ4v) is 3.94. The van der Waals surface area contributed by atoms with Crippen LogP contribution >= 0.6 is 11.6 Å². The fraction of sp³-hybridized carbons (Fsp3) is 0.350. The molecule has 2 heterocycles. The Morgan fingerprint density at radius 1 is 1.00 bits per heavy atom. The number of methoxy groups -OCH3 is 1. The predicted octanol–water partition coefficient (Wildman–Crippen LogP) is 4.03. The molecule has 0 spiro atoms. The maximum atomic E-state index is 6.26. The van der Waals surface area contributed by atoms with Gasteiger partial charge in [-0.25, -0.2) is 4.98 Å². The van der Waals surface area contributed by atoms with E-state index >= 15 is 0 Å². The van der Waals surface area contributed by atoms with Crippen molar-refractivity contribution in [3.05, 3.63) is 63.3 Å². The van der Waals surface area contributed by atoms with Crippen LogP contribution in [0.4, 0.5) is 0 Å². The zero-order chi connectivity index (χ0) is 16.5. The highest BCUT2D eigenvalue weighted by atomic mass is 35.5. The highest BCUT2D eigenvalue weighted by Crippen LogP contribution is 2.38. The molecule has 3 nitrogen and oxygen atoms in total. The lowest BCUT2D eigenvalue weighted by Gasteiger charge is -2.22. The first-order valence-electron chi connectivity index (χ1n) is 8.52. The summed E-state index contributed by atoms with van der Waals surface area (Å²) in [5.74, 6) is 0.679. The number of hydrogen-bond acceptors (Lipinski definition) is 3. The van der Waals surface area contributed by atoms with Crippen LogP contribution in [0.1, 0.15) is 35.2 Å². The van der Waals surface area contributed by atoms with Crippen molar-refractivity contribution in [3.63, 3.8) is 0 Å². The highest BCUT2D eigenvalue weighted by Gasteiger charge is 2.24. The Hall–Kier alpha value is -1.84. The van der Waals surface area contributed by atoms with Gasteiger partial charge in [-0.1, -0.05) is 29.3 Å². The highest BCUT2D eigenvalue weighted by molar-refractivity contribution is 6.30. The summed E-state index contributed by atoms with van der Waals surface area (Å²) in [4.78, 5) is 4.84. The van der Waals surface area contributed by atoms with Crippen molar-refractivity contribution in [3.8, 4) is 5.88 Å². The van der Waals surface area contributed by atoms with Crippen molar-refractivity contribution in [1.82, 2.24) is 10.3 Å². The summed E-state index contributed by atoms with van der Waals surface area (Å²) in [5.41, 5.74) is 7.78. The molecular formula is C20H21ClN2O. The van der Waals surface area contributed by atoms with E-state index < -0.39 is 0 Å². The molecule has 0 radical (unpaired) electrons. The normalized spacial score (nSPS) is 17.1. The number of benzene rings is 1. The third kappa shape index (κ3) is 2.83. The van der Waals surface area contributed by atoms with Gasteiger partial charge in [-0.05, 0) is 67.6 Å². The lowest BCUT2D eigenvalue weighted by Crippen LogP contribution is -2.24. The first-order chi connectivity index (χ1) is 11.8. The number of rotatable bonds is 1. The molecule has 1 saturated heterocycles. The van der Waals surface area contributed by atoms with Gasteiger partial charge in [0.15, 0.2) is 0 Å². The molecule has 1 N–H and O–H groups in total. The number of nitrogens with zero attached hydrogens (tertiary/aromatic N) is 1. The van der Waals surface area contributed by atoms with Crippen LogP contribution in [0.5, 0.6) is 5.88 Å². The van der Waals surface area contributed by atoms with Crippen molar-refractivity contribution >= 4 is 17.2 Å². The summed E-state index contributed by atoms with van der Waals surface area (Å²) >= 11 is 6.26. The first kappa shape index (κ1) is 15.7. The minimum absolute atomic E-state index is 0.679. The van der Waals surface area contributed by atoms with Crippen LogP contribution in [-0.2, 0) is 12.8 Å². The third-order valence-electron chi connectivity index (χ3n) is 4.96. The van der Waals surface area contributed by atoms with E-state index in [1.54, 1.807) is 7.11 Å². The van der Waals surface area contributed by atoms with Gasteiger partial charge in [-0.2, -0.15) is 0 Å². The van der Waals surface area contributed by atoms with Gasteiger partial charge in [0.25, 0.3) is 0 Å². The molecule has 4 heteroatoms. The maximum absolute atomic E-state index is 6.26. The van der Waals surface area contributed by atoms with Crippen LogP contribution in [0.25, 0.3) is 5.57 Å². The summed E-state index contributed by atoms with van der Waals surface area (Å²) < 4.78 is 5.40. The van der Waals surface area contributed by atoms with Crippen LogP contribution in [0, 0.1) is 0 Å². The van der Waals surface area contributed by atoms with Crippen LogP contribution in [0.2, 0.25) is 5.02 Å². The standard InChI is InChI=1S/C20H21ClN2O/c1-24-18-7-4-14-2-3-15-12-16(21)5-6-17(15)19(20(14)23-18)13-8-10-22-11-9-13/h4-7,12,22H,2-3,8-11H2,1H3. The van der Waals surface area contributed by atoms with Crippen LogP contribution in [0.3, 0.4) is 0 Å². The van der Waals surface area contributed by atoms with Gasteiger partial charge < -0.3 is 10.1 Å². The fourth-order valence-electron chi connectivity index (χ4n) is 3.75. The smallest absolute Gasteiger partial charge is 0.213 e. The van der Waals surface area contributed by atoms with Crippen molar-refractivity contribution in [2.45, 2.75) is 25.7 Å². The molecule has 2 aliphatic rings. The van der Waals surface area contributed by atoms with Gasteiger partial charge in [-0.3, -0.25) is 0 Å². The van der Waals surface area contributed by atoms with Gasteiger partial charge in [-0.15, -0.1) is 0 Å². The monoisotopic (exact) mass is 340 g/mol. The molecule has 4 rings (SSSR count). The van der Waals surface area contributed by atoms with Crippen LogP contribution in [0.15, 0.2) is 35.9 Å². The van der Waals surface area contributed by atoms with Gasteiger partial charge in [0.2, 0.25) is 5.88 Å². The Morgan fingerprint density at radius 2 is 1.79 bits per heavy atom. The zero-order valence-corrected chi connectivity index (χ0v) is 14.6. The molecule has 1 aliphatic heterocycles. The van der Waals surface area contributed by atoms with E-state index in [9.17, 15) is 0 Å². The lowest BCUT2D eigenvalue weighted by molar-refractivity contribution is 0.397. The van der Waals surface area contributed by atoms with Crippen molar-refractivity contribution < 1.29 is 4.74 Å². The quantitative estimate of drug-likeness (QED) is 0.851. The average molecular weight is 341 g/mol. The van der Waals surface area contributed by atoms with Crippen LogP contribution < -0.4 is 10.1 Å². The Kier molecular flexibility index (Phi) is 4.30. The SMILES string of the molecule is COc1ccc2c(n1)C(=C1CCNCC1)c1ccc(Cl)cc1CC2. The van der Waals surface area contributed by atoms with Gasteiger partial charge in [0, 0.05) is 16.7 Å². The van der Waals surface area contributed by atoms with E-state index in [4.69, 9.17) is 21.3 Å². The summed E-state index contributed by atoms with van der Waals surface area (Å²) in [6.07, 6.45) is 4.10. The molecule has 1 aliphatic carbocycles. The number of aromatic nitrogens is 1. The summed E-state index contributed by atoms with van der Waals surface area (Å²) in [6.45, 7) is 2.06. The van der Waals surface area contributed by atoms with Crippen LogP contribution in [-0.4, -0.2) is 25.2 Å².